The molecule has 0 bridgehead atoms. The van der Waals surface area contributed by atoms with Crippen LogP contribution in [0.2, 0.25) is 0 Å². The van der Waals surface area contributed by atoms with Crippen LogP contribution in [0.3, 0.4) is 0 Å². The van der Waals surface area contributed by atoms with Gasteiger partial charge in [0.05, 0.1) is 6.04 Å². The number of carbonyl (C=O) groups excluding carboxylic acids is 1. The van der Waals surface area contributed by atoms with Crippen LogP contribution in [-0.4, -0.2) is 47.7 Å². The number of carbonyl (C=O) groups is 1. The van der Waals surface area contributed by atoms with E-state index in [9.17, 15) is 4.79 Å². The minimum Gasteiger partial charge on any atom is -0.396 e. The SMILES string of the molecule is CC(C)CN1CC(C)NC(CCO)C1=O. The number of nitrogens with one attached hydrogen (secondary N) is 1. The van der Waals surface area contributed by atoms with E-state index in [1.807, 2.05) is 4.90 Å². The van der Waals surface area contributed by atoms with Gasteiger partial charge in [0, 0.05) is 25.7 Å². The molecule has 0 aliphatic carbocycles. The molecule has 1 rings (SSSR count). The van der Waals surface area contributed by atoms with Crippen molar-refractivity contribution in [2.45, 2.75) is 39.3 Å². The molecule has 2 N–H and O–H groups in total. The van der Waals surface area contributed by atoms with Gasteiger partial charge in [-0.05, 0) is 19.3 Å². The van der Waals surface area contributed by atoms with Gasteiger partial charge in [-0.2, -0.15) is 0 Å². The molecule has 0 aromatic carbocycles. The Balaban J connectivity index is 2.59. The highest BCUT2D eigenvalue weighted by molar-refractivity contribution is 5.82. The van der Waals surface area contributed by atoms with Crippen LogP contribution in [0.5, 0.6) is 0 Å². The zero-order valence-electron chi connectivity index (χ0n) is 9.86. The summed E-state index contributed by atoms with van der Waals surface area (Å²) in [6.07, 6.45) is 0.512. The van der Waals surface area contributed by atoms with Crippen molar-refractivity contribution in [1.29, 1.82) is 0 Å². The first-order valence-corrected chi connectivity index (χ1v) is 5.70. The Labute approximate surface area is 91.6 Å². The van der Waals surface area contributed by atoms with E-state index in [1.165, 1.54) is 0 Å². The van der Waals surface area contributed by atoms with Gasteiger partial charge < -0.3 is 15.3 Å². The van der Waals surface area contributed by atoms with Crippen LogP contribution in [0.1, 0.15) is 27.2 Å². The summed E-state index contributed by atoms with van der Waals surface area (Å²) in [6, 6.07) is 0.121. The zero-order chi connectivity index (χ0) is 11.4. The predicted molar refractivity (Wildman–Crippen MR) is 59.5 cm³/mol. The average Bonchev–Trinajstić information content (AvgIpc) is 2.12. The second kappa shape index (κ2) is 5.47. The van der Waals surface area contributed by atoms with Crippen molar-refractivity contribution in [1.82, 2.24) is 10.2 Å². The second-order valence-electron chi connectivity index (χ2n) is 4.77. The van der Waals surface area contributed by atoms with Crippen molar-refractivity contribution in [3.63, 3.8) is 0 Å². The summed E-state index contributed by atoms with van der Waals surface area (Å²) in [5.74, 6) is 0.630. The highest BCUT2D eigenvalue weighted by atomic mass is 16.3. The Kier molecular flexibility index (Phi) is 4.54. The first-order chi connectivity index (χ1) is 7.04. The fraction of sp³-hybridized carbons (Fsp3) is 0.909. The molecule has 88 valence electrons. The Hall–Kier alpha value is -0.610. The lowest BCUT2D eigenvalue weighted by atomic mass is 10.1. The normalized spacial score (nSPS) is 27.5. The number of hydrogen-bond acceptors (Lipinski definition) is 3. The summed E-state index contributed by atoms with van der Waals surface area (Å²) in [6.45, 7) is 7.95. The Morgan fingerprint density at radius 3 is 2.80 bits per heavy atom. The summed E-state index contributed by atoms with van der Waals surface area (Å²) in [4.78, 5) is 13.9. The van der Waals surface area contributed by atoms with Crippen LogP contribution in [0, 0.1) is 5.92 Å². The largest absolute Gasteiger partial charge is 0.396 e. The molecule has 2 atom stereocenters. The van der Waals surface area contributed by atoms with Gasteiger partial charge in [0.1, 0.15) is 0 Å². The minimum atomic E-state index is -0.197. The molecule has 1 saturated heterocycles. The van der Waals surface area contributed by atoms with Gasteiger partial charge >= 0.3 is 0 Å². The van der Waals surface area contributed by atoms with E-state index in [0.717, 1.165) is 13.1 Å². The molecule has 4 nitrogen and oxygen atoms in total. The molecule has 0 saturated carbocycles. The van der Waals surface area contributed by atoms with Crippen molar-refractivity contribution in [2.24, 2.45) is 5.92 Å². The summed E-state index contributed by atoms with van der Waals surface area (Å²) >= 11 is 0. The van der Waals surface area contributed by atoms with E-state index < -0.39 is 0 Å². The number of rotatable bonds is 4. The molecule has 1 fully saturated rings. The summed E-state index contributed by atoms with van der Waals surface area (Å²) < 4.78 is 0. The maximum Gasteiger partial charge on any atom is 0.239 e. The summed E-state index contributed by atoms with van der Waals surface area (Å²) in [7, 11) is 0. The van der Waals surface area contributed by atoms with Gasteiger partial charge in [-0.1, -0.05) is 13.8 Å². The van der Waals surface area contributed by atoms with Crippen LogP contribution in [0.4, 0.5) is 0 Å². The first-order valence-electron chi connectivity index (χ1n) is 5.70. The van der Waals surface area contributed by atoms with Crippen molar-refractivity contribution < 1.29 is 9.90 Å². The molecule has 0 radical (unpaired) electrons. The summed E-state index contributed by atoms with van der Waals surface area (Å²) in [5.41, 5.74) is 0. The van der Waals surface area contributed by atoms with Crippen molar-refractivity contribution in [3.05, 3.63) is 0 Å². The zero-order valence-corrected chi connectivity index (χ0v) is 9.86. The lowest BCUT2D eigenvalue weighted by Crippen LogP contribution is -2.59. The Morgan fingerprint density at radius 2 is 2.27 bits per heavy atom. The lowest BCUT2D eigenvalue weighted by molar-refractivity contribution is -0.137. The molecule has 0 aromatic rings. The third kappa shape index (κ3) is 3.47. The predicted octanol–water partition coefficient (Wildman–Crippen LogP) is 0.214. The van der Waals surface area contributed by atoms with Crippen molar-refractivity contribution >= 4 is 5.91 Å². The third-order valence-corrected chi connectivity index (χ3v) is 2.59. The van der Waals surface area contributed by atoms with E-state index in [4.69, 9.17) is 5.11 Å². The second-order valence-corrected chi connectivity index (χ2v) is 4.77. The van der Waals surface area contributed by atoms with Gasteiger partial charge in [0.15, 0.2) is 0 Å². The quantitative estimate of drug-likeness (QED) is 0.703. The van der Waals surface area contributed by atoms with Gasteiger partial charge in [0.25, 0.3) is 0 Å². The number of piperazine rings is 1. The monoisotopic (exact) mass is 214 g/mol. The Bertz CT molecular complexity index is 217. The Morgan fingerprint density at radius 1 is 1.60 bits per heavy atom. The molecular weight excluding hydrogens is 192 g/mol. The smallest absolute Gasteiger partial charge is 0.239 e. The molecular formula is C11H22N2O2. The number of amides is 1. The van der Waals surface area contributed by atoms with Crippen LogP contribution >= 0.6 is 0 Å². The fourth-order valence-corrected chi connectivity index (χ4v) is 2.05. The minimum absolute atomic E-state index is 0.0612. The number of aliphatic hydroxyl groups is 1. The molecule has 0 aromatic heterocycles. The maximum atomic E-state index is 11.9. The van der Waals surface area contributed by atoms with Gasteiger partial charge in [-0.25, -0.2) is 0 Å². The van der Waals surface area contributed by atoms with E-state index in [-0.39, 0.29) is 18.6 Å². The van der Waals surface area contributed by atoms with Gasteiger partial charge in [-0.3, -0.25) is 4.79 Å². The molecule has 1 amide bonds. The van der Waals surface area contributed by atoms with Crippen LogP contribution < -0.4 is 5.32 Å². The molecule has 2 unspecified atom stereocenters. The van der Waals surface area contributed by atoms with Crippen molar-refractivity contribution in [3.8, 4) is 0 Å². The number of hydrogen-bond donors (Lipinski definition) is 2. The standard InChI is InChI=1S/C11H22N2O2/c1-8(2)6-13-7-9(3)12-10(4-5-14)11(13)15/h8-10,12,14H,4-7H2,1-3H3. The average molecular weight is 214 g/mol. The lowest BCUT2D eigenvalue weighted by Gasteiger charge is -2.37. The first kappa shape index (κ1) is 12.5. The number of nitrogens with zero attached hydrogens (tertiary/aromatic N) is 1. The highest BCUT2D eigenvalue weighted by Crippen LogP contribution is 2.11. The molecule has 1 heterocycles. The molecule has 15 heavy (non-hydrogen) atoms. The molecule has 1 aliphatic heterocycles. The number of aliphatic hydroxyl groups excluding tert-OH is 1. The molecule has 4 heteroatoms. The highest BCUT2D eigenvalue weighted by Gasteiger charge is 2.31. The van der Waals surface area contributed by atoms with Crippen molar-refractivity contribution in [2.75, 3.05) is 19.7 Å². The van der Waals surface area contributed by atoms with Crippen LogP contribution in [0.15, 0.2) is 0 Å². The van der Waals surface area contributed by atoms with E-state index >= 15 is 0 Å². The van der Waals surface area contributed by atoms with Gasteiger partial charge in [-0.15, -0.1) is 0 Å². The molecule has 0 spiro atoms. The maximum absolute atomic E-state index is 11.9. The van der Waals surface area contributed by atoms with E-state index in [0.29, 0.717) is 18.4 Å². The third-order valence-electron chi connectivity index (χ3n) is 2.59. The van der Waals surface area contributed by atoms with E-state index in [1.54, 1.807) is 0 Å². The topological polar surface area (TPSA) is 52.6 Å². The van der Waals surface area contributed by atoms with E-state index in [2.05, 4.69) is 26.1 Å². The van der Waals surface area contributed by atoms with Crippen LogP contribution in [-0.2, 0) is 4.79 Å². The molecule has 1 aliphatic rings. The van der Waals surface area contributed by atoms with Crippen LogP contribution in [0.25, 0.3) is 0 Å². The van der Waals surface area contributed by atoms with Gasteiger partial charge in [0.2, 0.25) is 5.91 Å². The fourth-order valence-electron chi connectivity index (χ4n) is 2.05. The summed E-state index contributed by atoms with van der Waals surface area (Å²) in [5, 5.41) is 12.1.